The van der Waals surface area contributed by atoms with Gasteiger partial charge in [0.1, 0.15) is 11.6 Å². The second-order valence-corrected chi connectivity index (χ2v) is 5.46. The summed E-state index contributed by atoms with van der Waals surface area (Å²) in [5, 5.41) is 2.60. The zero-order valence-corrected chi connectivity index (χ0v) is 11.9. The Morgan fingerprint density at radius 2 is 2.05 bits per heavy atom. The fourth-order valence-corrected chi connectivity index (χ4v) is 1.90. The molecule has 2 N–H and O–H groups in total. The number of carbonyl (C=O) groups excluding carboxylic acids is 2. The lowest BCUT2D eigenvalue weighted by Gasteiger charge is -2.25. The monoisotopic (exact) mass is 270 g/mol. The molecule has 1 aliphatic carbocycles. The average Bonchev–Trinajstić information content (AvgIpc) is 2.76. The van der Waals surface area contributed by atoms with Gasteiger partial charge in [0.2, 0.25) is 0 Å². The van der Waals surface area contributed by atoms with E-state index in [1.165, 1.54) is 7.11 Å². The molecule has 2 amide bonds. The molecule has 6 nitrogen and oxygen atoms in total. The lowest BCUT2D eigenvalue weighted by Crippen LogP contribution is -2.51. The van der Waals surface area contributed by atoms with Crippen LogP contribution in [0.15, 0.2) is 12.2 Å². The van der Waals surface area contributed by atoms with E-state index in [-0.39, 0.29) is 11.8 Å². The van der Waals surface area contributed by atoms with E-state index in [1.807, 2.05) is 12.2 Å². The Morgan fingerprint density at radius 1 is 1.37 bits per heavy atom. The fraction of sp³-hybridized carbons (Fsp3) is 0.692. The number of hydroxylamine groups is 1. The van der Waals surface area contributed by atoms with Crippen molar-refractivity contribution in [3.63, 3.8) is 0 Å². The van der Waals surface area contributed by atoms with Crippen LogP contribution in [0.2, 0.25) is 0 Å². The van der Waals surface area contributed by atoms with E-state index in [2.05, 4.69) is 15.6 Å². The number of nitrogens with one attached hydrogen (secondary N) is 2. The van der Waals surface area contributed by atoms with Gasteiger partial charge in [-0.05, 0) is 33.6 Å². The van der Waals surface area contributed by atoms with Crippen LogP contribution in [0.25, 0.3) is 0 Å². The van der Waals surface area contributed by atoms with Gasteiger partial charge in [-0.25, -0.2) is 10.3 Å². The van der Waals surface area contributed by atoms with Crippen LogP contribution in [-0.2, 0) is 14.4 Å². The van der Waals surface area contributed by atoms with Gasteiger partial charge in [-0.2, -0.15) is 0 Å². The van der Waals surface area contributed by atoms with E-state index < -0.39 is 17.7 Å². The Kier molecular flexibility index (Phi) is 5.35. The van der Waals surface area contributed by atoms with Crippen molar-refractivity contribution in [3.8, 4) is 0 Å². The molecule has 0 aliphatic heterocycles. The summed E-state index contributed by atoms with van der Waals surface area (Å²) in [6.07, 6.45) is 5.03. The molecule has 0 fully saturated rings. The number of ether oxygens (including phenoxy) is 1. The lowest BCUT2D eigenvalue weighted by molar-refractivity contribution is -0.134. The summed E-state index contributed by atoms with van der Waals surface area (Å²) < 4.78 is 5.16. The predicted octanol–water partition coefficient (Wildman–Crippen LogP) is 1.52. The molecule has 1 rings (SSSR count). The van der Waals surface area contributed by atoms with Crippen LogP contribution in [-0.4, -0.2) is 30.8 Å². The van der Waals surface area contributed by atoms with Crippen LogP contribution in [0.4, 0.5) is 4.79 Å². The van der Waals surface area contributed by atoms with Gasteiger partial charge in [-0.15, -0.1) is 0 Å². The number of alkyl carbamates (subject to hydrolysis) is 1. The van der Waals surface area contributed by atoms with Gasteiger partial charge < -0.3 is 10.1 Å². The topological polar surface area (TPSA) is 76.7 Å². The Labute approximate surface area is 113 Å². The van der Waals surface area contributed by atoms with Gasteiger partial charge in [0.25, 0.3) is 5.91 Å². The number of hydrogen-bond acceptors (Lipinski definition) is 4. The molecule has 6 heteroatoms. The summed E-state index contributed by atoms with van der Waals surface area (Å²) in [5.74, 6) is -0.424. The minimum absolute atomic E-state index is 0.0392. The third-order valence-corrected chi connectivity index (χ3v) is 2.64. The van der Waals surface area contributed by atoms with Crippen LogP contribution in [0.1, 0.15) is 33.6 Å². The molecule has 0 radical (unpaired) electrons. The summed E-state index contributed by atoms with van der Waals surface area (Å²) in [6.45, 7) is 5.31. The maximum atomic E-state index is 11.9. The Hall–Kier alpha value is -1.56. The Bertz CT molecular complexity index is 360. The number of allylic oxidation sites excluding steroid dienone is 1. The van der Waals surface area contributed by atoms with E-state index in [0.29, 0.717) is 0 Å². The van der Waals surface area contributed by atoms with Crippen molar-refractivity contribution in [1.29, 1.82) is 0 Å². The molecule has 2 unspecified atom stereocenters. The molecule has 19 heavy (non-hydrogen) atoms. The molecule has 0 heterocycles. The molecule has 0 spiro atoms. The average molecular weight is 270 g/mol. The van der Waals surface area contributed by atoms with Gasteiger partial charge in [-0.1, -0.05) is 12.2 Å². The summed E-state index contributed by atoms with van der Waals surface area (Å²) in [6, 6.07) is -0.687. The molecule has 108 valence electrons. The van der Waals surface area contributed by atoms with Crippen molar-refractivity contribution in [2.45, 2.75) is 45.3 Å². The SMILES string of the molecule is CONC(=O)C(NC(=O)OC(C)(C)C)C1C=CCC1. The van der Waals surface area contributed by atoms with Crippen molar-refractivity contribution in [2.24, 2.45) is 5.92 Å². The second-order valence-electron chi connectivity index (χ2n) is 5.46. The van der Waals surface area contributed by atoms with E-state index in [1.54, 1.807) is 20.8 Å². The fourth-order valence-electron chi connectivity index (χ4n) is 1.90. The third kappa shape index (κ3) is 5.30. The van der Waals surface area contributed by atoms with Crippen LogP contribution in [0.3, 0.4) is 0 Å². The Balaban J connectivity index is 2.66. The molecule has 0 saturated carbocycles. The predicted molar refractivity (Wildman–Crippen MR) is 70.2 cm³/mol. The summed E-state index contributed by atoms with van der Waals surface area (Å²) in [7, 11) is 1.35. The van der Waals surface area contributed by atoms with Crippen molar-refractivity contribution in [1.82, 2.24) is 10.8 Å². The van der Waals surface area contributed by atoms with E-state index in [4.69, 9.17) is 4.74 Å². The zero-order valence-electron chi connectivity index (χ0n) is 11.9. The first-order valence-corrected chi connectivity index (χ1v) is 6.32. The highest BCUT2D eigenvalue weighted by atomic mass is 16.6. The maximum Gasteiger partial charge on any atom is 0.408 e. The van der Waals surface area contributed by atoms with Crippen molar-refractivity contribution >= 4 is 12.0 Å². The van der Waals surface area contributed by atoms with Gasteiger partial charge in [0.15, 0.2) is 0 Å². The molecular weight excluding hydrogens is 248 g/mol. The Morgan fingerprint density at radius 3 is 2.53 bits per heavy atom. The zero-order chi connectivity index (χ0) is 14.5. The first-order chi connectivity index (χ1) is 8.83. The molecule has 0 aromatic carbocycles. The van der Waals surface area contributed by atoms with Crippen LogP contribution < -0.4 is 10.8 Å². The standard InChI is InChI=1S/C13H22N2O4/c1-13(2,3)19-12(17)14-10(11(16)15-18-4)9-7-5-6-8-9/h5,7,9-10H,6,8H2,1-4H3,(H,14,17)(H,15,16). The van der Waals surface area contributed by atoms with Crippen LogP contribution >= 0.6 is 0 Å². The van der Waals surface area contributed by atoms with Gasteiger partial charge in [0, 0.05) is 5.92 Å². The molecule has 0 bridgehead atoms. The summed E-state index contributed by atoms with van der Waals surface area (Å²) in [4.78, 5) is 28.3. The molecule has 0 saturated heterocycles. The highest BCUT2D eigenvalue weighted by Gasteiger charge is 2.31. The highest BCUT2D eigenvalue weighted by Crippen LogP contribution is 2.21. The summed E-state index contributed by atoms with van der Waals surface area (Å²) in [5.41, 5.74) is 1.65. The third-order valence-electron chi connectivity index (χ3n) is 2.64. The number of hydrogen-bond donors (Lipinski definition) is 2. The van der Waals surface area contributed by atoms with E-state index in [9.17, 15) is 9.59 Å². The number of amides is 2. The van der Waals surface area contributed by atoms with Gasteiger partial charge in [-0.3, -0.25) is 9.63 Å². The molecule has 0 aromatic rings. The first-order valence-electron chi connectivity index (χ1n) is 6.32. The summed E-state index contributed by atoms with van der Waals surface area (Å²) >= 11 is 0. The smallest absolute Gasteiger partial charge is 0.408 e. The first kappa shape index (κ1) is 15.5. The van der Waals surface area contributed by atoms with Crippen molar-refractivity contribution in [2.75, 3.05) is 7.11 Å². The number of rotatable bonds is 4. The molecule has 2 atom stereocenters. The highest BCUT2D eigenvalue weighted by molar-refractivity contribution is 5.85. The molecule has 0 aromatic heterocycles. The number of carbonyl (C=O) groups is 2. The van der Waals surface area contributed by atoms with Crippen LogP contribution in [0.5, 0.6) is 0 Å². The normalized spacial score (nSPS) is 19.9. The van der Waals surface area contributed by atoms with Gasteiger partial charge >= 0.3 is 6.09 Å². The van der Waals surface area contributed by atoms with Crippen molar-refractivity contribution in [3.05, 3.63) is 12.2 Å². The second kappa shape index (κ2) is 6.56. The largest absolute Gasteiger partial charge is 0.444 e. The molecular formula is C13H22N2O4. The molecule has 1 aliphatic rings. The van der Waals surface area contributed by atoms with Crippen molar-refractivity contribution < 1.29 is 19.2 Å². The van der Waals surface area contributed by atoms with Gasteiger partial charge in [0.05, 0.1) is 7.11 Å². The minimum Gasteiger partial charge on any atom is -0.444 e. The quantitative estimate of drug-likeness (QED) is 0.600. The van der Waals surface area contributed by atoms with E-state index >= 15 is 0 Å². The minimum atomic E-state index is -0.687. The van der Waals surface area contributed by atoms with Crippen LogP contribution in [0, 0.1) is 5.92 Å². The lowest BCUT2D eigenvalue weighted by atomic mass is 9.99. The maximum absolute atomic E-state index is 11.9. The van der Waals surface area contributed by atoms with E-state index in [0.717, 1.165) is 12.8 Å².